The Morgan fingerprint density at radius 3 is 2.33 bits per heavy atom. The number of aromatic nitrogens is 2. The third-order valence-corrected chi connectivity index (χ3v) is 4.73. The minimum Gasteiger partial charge on any atom is -0.354 e. The average molecular weight is 314 g/mol. The molecule has 21 heavy (non-hydrogen) atoms. The maximum absolute atomic E-state index is 11.5. The van der Waals surface area contributed by atoms with E-state index in [1.807, 2.05) is 13.8 Å². The van der Waals surface area contributed by atoms with Crippen molar-refractivity contribution in [2.24, 2.45) is 5.84 Å². The van der Waals surface area contributed by atoms with Crippen LogP contribution >= 0.6 is 0 Å². The van der Waals surface area contributed by atoms with Crippen molar-refractivity contribution in [2.45, 2.75) is 19.8 Å². The molecule has 1 aromatic rings. The Morgan fingerprint density at radius 1 is 1.24 bits per heavy atom. The highest BCUT2D eigenvalue weighted by atomic mass is 32.2. The first-order valence-corrected chi connectivity index (χ1v) is 8.71. The van der Waals surface area contributed by atoms with Crippen molar-refractivity contribution in [1.82, 2.24) is 14.3 Å². The van der Waals surface area contributed by atoms with Crippen LogP contribution in [0.15, 0.2) is 6.07 Å². The van der Waals surface area contributed by atoms with Gasteiger partial charge >= 0.3 is 0 Å². The van der Waals surface area contributed by atoms with Crippen molar-refractivity contribution in [3.63, 3.8) is 0 Å². The van der Waals surface area contributed by atoms with E-state index in [4.69, 9.17) is 5.84 Å². The topological polar surface area (TPSA) is 104 Å². The number of nitrogens with two attached hydrogens (primary N) is 1. The normalized spacial score (nSPS) is 17.3. The zero-order chi connectivity index (χ0) is 15.6. The predicted octanol–water partition coefficient (Wildman–Crippen LogP) is -0.0328. The monoisotopic (exact) mass is 314 g/mol. The molecule has 1 aliphatic heterocycles. The molecule has 118 valence electrons. The van der Waals surface area contributed by atoms with E-state index in [9.17, 15) is 8.42 Å². The molecule has 3 N–H and O–H groups in total. The van der Waals surface area contributed by atoms with Crippen LogP contribution in [-0.4, -0.2) is 55.1 Å². The van der Waals surface area contributed by atoms with Gasteiger partial charge in [-0.15, -0.1) is 0 Å². The Balaban J connectivity index is 2.18. The zero-order valence-electron chi connectivity index (χ0n) is 12.6. The number of piperazine rings is 1. The molecule has 0 spiro atoms. The van der Waals surface area contributed by atoms with Gasteiger partial charge in [0.2, 0.25) is 10.0 Å². The number of nitrogens with zero attached hydrogens (tertiary/aromatic N) is 4. The second kappa shape index (κ2) is 6.12. The summed E-state index contributed by atoms with van der Waals surface area (Å²) < 4.78 is 24.5. The van der Waals surface area contributed by atoms with Gasteiger partial charge in [0.15, 0.2) is 0 Å². The van der Waals surface area contributed by atoms with Gasteiger partial charge in [0.25, 0.3) is 0 Å². The molecule has 0 bridgehead atoms. The SMILES string of the molecule is CC(C)c1nc(NN)cc(N2CCN(S(C)(=O)=O)CC2)n1. The quantitative estimate of drug-likeness (QED) is 0.594. The molecule has 0 radical (unpaired) electrons. The number of sulfonamides is 1. The van der Waals surface area contributed by atoms with E-state index >= 15 is 0 Å². The molecule has 1 fully saturated rings. The molecule has 0 atom stereocenters. The molecule has 8 nitrogen and oxygen atoms in total. The van der Waals surface area contributed by atoms with Crippen LogP contribution in [0.3, 0.4) is 0 Å². The highest BCUT2D eigenvalue weighted by Gasteiger charge is 2.24. The molecule has 0 aliphatic carbocycles. The zero-order valence-corrected chi connectivity index (χ0v) is 13.4. The lowest BCUT2D eigenvalue weighted by Crippen LogP contribution is -2.48. The predicted molar refractivity (Wildman–Crippen MR) is 82.6 cm³/mol. The summed E-state index contributed by atoms with van der Waals surface area (Å²) in [4.78, 5) is 10.9. The lowest BCUT2D eigenvalue weighted by Gasteiger charge is -2.34. The summed E-state index contributed by atoms with van der Waals surface area (Å²) in [6.45, 7) is 6.16. The van der Waals surface area contributed by atoms with Crippen LogP contribution in [0.2, 0.25) is 0 Å². The van der Waals surface area contributed by atoms with Crippen LogP contribution in [0, 0.1) is 0 Å². The van der Waals surface area contributed by atoms with E-state index in [0.29, 0.717) is 37.8 Å². The minimum atomic E-state index is -3.12. The average Bonchev–Trinajstić information content (AvgIpc) is 2.46. The fourth-order valence-electron chi connectivity index (χ4n) is 2.20. The van der Waals surface area contributed by atoms with E-state index in [1.165, 1.54) is 10.6 Å². The second-order valence-corrected chi connectivity index (χ2v) is 7.40. The van der Waals surface area contributed by atoms with E-state index in [-0.39, 0.29) is 5.92 Å². The highest BCUT2D eigenvalue weighted by molar-refractivity contribution is 7.88. The van der Waals surface area contributed by atoms with Crippen molar-refractivity contribution < 1.29 is 8.42 Å². The molecule has 0 amide bonds. The first-order valence-electron chi connectivity index (χ1n) is 6.87. The summed E-state index contributed by atoms with van der Waals surface area (Å²) in [5.74, 6) is 7.69. The van der Waals surface area contributed by atoms with Crippen molar-refractivity contribution in [3.05, 3.63) is 11.9 Å². The Labute approximate surface area is 125 Å². The summed E-state index contributed by atoms with van der Waals surface area (Å²) in [5, 5.41) is 0. The van der Waals surface area contributed by atoms with Crippen LogP contribution in [0.1, 0.15) is 25.6 Å². The standard InChI is InChI=1S/C12H22N6O2S/c1-9(2)12-14-10(16-13)8-11(15-12)17-4-6-18(7-5-17)21(3,19)20/h8-9H,4-7,13H2,1-3H3,(H,14,15,16). The smallest absolute Gasteiger partial charge is 0.211 e. The molecule has 2 heterocycles. The molecule has 1 saturated heterocycles. The molecular formula is C12H22N6O2S. The van der Waals surface area contributed by atoms with Gasteiger partial charge in [-0.05, 0) is 0 Å². The maximum Gasteiger partial charge on any atom is 0.211 e. The van der Waals surface area contributed by atoms with Gasteiger partial charge in [-0.1, -0.05) is 13.8 Å². The fraction of sp³-hybridized carbons (Fsp3) is 0.667. The van der Waals surface area contributed by atoms with Crippen molar-refractivity contribution >= 4 is 21.7 Å². The molecule has 0 saturated carbocycles. The molecule has 1 aliphatic rings. The van der Waals surface area contributed by atoms with Crippen LogP contribution in [0.25, 0.3) is 0 Å². The molecule has 0 aromatic carbocycles. The largest absolute Gasteiger partial charge is 0.354 e. The molecule has 9 heteroatoms. The Bertz CT molecular complexity index is 596. The third-order valence-electron chi connectivity index (χ3n) is 3.43. The molecular weight excluding hydrogens is 292 g/mol. The van der Waals surface area contributed by atoms with Gasteiger partial charge in [0, 0.05) is 38.2 Å². The van der Waals surface area contributed by atoms with Gasteiger partial charge < -0.3 is 10.3 Å². The van der Waals surface area contributed by atoms with Gasteiger partial charge in [-0.25, -0.2) is 24.2 Å². The summed E-state index contributed by atoms with van der Waals surface area (Å²) in [6, 6.07) is 1.78. The minimum absolute atomic E-state index is 0.189. The van der Waals surface area contributed by atoms with Crippen molar-refractivity contribution in [2.75, 3.05) is 42.8 Å². The highest BCUT2D eigenvalue weighted by Crippen LogP contribution is 2.21. The van der Waals surface area contributed by atoms with E-state index in [0.717, 1.165) is 5.82 Å². The molecule has 1 aromatic heterocycles. The first kappa shape index (κ1) is 15.9. The van der Waals surface area contributed by atoms with E-state index < -0.39 is 10.0 Å². The summed E-state index contributed by atoms with van der Waals surface area (Å²) in [7, 11) is -3.12. The van der Waals surface area contributed by atoms with Gasteiger partial charge in [-0.3, -0.25) is 0 Å². The number of hydrogen-bond donors (Lipinski definition) is 2. The van der Waals surface area contributed by atoms with Crippen LogP contribution < -0.4 is 16.2 Å². The van der Waals surface area contributed by atoms with Crippen LogP contribution in [0.4, 0.5) is 11.6 Å². The van der Waals surface area contributed by atoms with Crippen LogP contribution in [-0.2, 0) is 10.0 Å². The van der Waals surface area contributed by atoms with Crippen molar-refractivity contribution in [1.29, 1.82) is 0 Å². The van der Waals surface area contributed by atoms with Gasteiger partial charge in [-0.2, -0.15) is 4.31 Å². The third kappa shape index (κ3) is 3.80. The van der Waals surface area contributed by atoms with Gasteiger partial charge in [0.05, 0.1) is 6.26 Å². The first-order chi connectivity index (χ1) is 9.81. The number of anilines is 2. The maximum atomic E-state index is 11.5. The number of hydrazine groups is 1. The van der Waals surface area contributed by atoms with Crippen LogP contribution in [0.5, 0.6) is 0 Å². The Hall–Kier alpha value is -1.45. The van der Waals surface area contributed by atoms with E-state index in [2.05, 4.69) is 20.3 Å². The lowest BCUT2D eigenvalue weighted by molar-refractivity contribution is 0.386. The summed E-state index contributed by atoms with van der Waals surface area (Å²) >= 11 is 0. The Morgan fingerprint density at radius 2 is 1.86 bits per heavy atom. The summed E-state index contributed by atoms with van der Waals surface area (Å²) in [5.41, 5.74) is 2.55. The summed E-state index contributed by atoms with van der Waals surface area (Å²) in [6.07, 6.45) is 1.24. The molecule has 2 rings (SSSR count). The number of rotatable bonds is 4. The number of nitrogen functional groups attached to an aromatic ring is 1. The number of nitrogens with one attached hydrogen (secondary N) is 1. The second-order valence-electron chi connectivity index (χ2n) is 5.42. The lowest BCUT2D eigenvalue weighted by atomic mass is 10.2. The fourth-order valence-corrected chi connectivity index (χ4v) is 3.02. The van der Waals surface area contributed by atoms with Gasteiger partial charge in [0.1, 0.15) is 17.5 Å². The number of hydrogen-bond acceptors (Lipinski definition) is 7. The van der Waals surface area contributed by atoms with E-state index in [1.54, 1.807) is 6.07 Å². The van der Waals surface area contributed by atoms with Crippen molar-refractivity contribution in [3.8, 4) is 0 Å². The molecule has 0 unspecified atom stereocenters. The Kier molecular flexibility index (Phi) is 4.64.